The summed E-state index contributed by atoms with van der Waals surface area (Å²) in [6.07, 6.45) is 6.67. The van der Waals surface area contributed by atoms with Crippen molar-refractivity contribution in [1.82, 2.24) is 5.32 Å². The second kappa shape index (κ2) is 7.41. The van der Waals surface area contributed by atoms with Crippen molar-refractivity contribution in [3.63, 3.8) is 0 Å². The number of nitrogens with two attached hydrogens (primary N) is 1. The Bertz CT molecular complexity index is 413. The summed E-state index contributed by atoms with van der Waals surface area (Å²) in [5.74, 6) is 0.191. The number of hydrogen-bond donors (Lipinski definition) is 2. The van der Waals surface area contributed by atoms with Gasteiger partial charge in [-0.1, -0.05) is 0 Å². The van der Waals surface area contributed by atoms with Crippen molar-refractivity contribution in [3.8, 4) is 0 Å². The first-order valence-corrected chi connectivity index (χ1v) is 8.53. The third-order valence-corrected chi connectivity index (χ3v) is 5.28. The van der Waals surface area contributed by atoms with Crippen molar-refractivity contribution < 1.29 is 4.79 Å². The third kappa shape index (κ3) is 5.24. The molecule has 0 saturated heterocycles. The Hall–Kier alpha value is -0.390. The quantitative estimate of drug-likeness (QED) is 0.861. The lowest BCUT2D eigenvalue weighted by molar-refractivity contribution is -0.122. The van der Waals surface area contributed by atoms with E-state index >= 15 is 0 Å². The maximum Gasteiger partial charge on any atom is 0.220 e. The summed E-state index contributed by atoms with van der Waals surface area (Å²) in [7, 11) is 0. The van der Waals surface area contributed by atoms with E-state index < -0.39 is 0 Å². The van der Waals surface area contributed by atoms with Crippen LogP contribution in [0.25, 0.3) is 0 Å². The molecule has 0 spiro atoms. The number of carbonyl (C=O) groups is 1. The molecule has 3 nitrogen and oxygen atoms in total. The first-order valence-electron chi connectivity index (χ1n) is 6.92. The van der Waals surface area contributed by atoms with Crippen LogP contribution < -0.4 is 11.1 Å². The van der Waals surface area contributed by atoms with Gasteiger partial charge in [-0.25, -0.2) is 0 Å². The molecule has 1 aromatic heterocycles. The molecule has 1 aliphatic carbocycles. The minimum Gasteiger partial charge on any atom is -0.353 e. The van der Waals surface area contributed by atoms with Crippen LogP contribution in [0.3, 0.4) is 0 Å². The van der Waals surface area contributed by atoms with Gasteiger partial charge >= 0.3 is 0 Å². The molecule has 1 aliphatic rings. The molecule has 1 amide bonds. The summed E-state index contributed by atoms with van der Waals surface area (Å²) in [4.78, 5) is 13.2. The third-order valence-electron chi connectivity index (χ3n) is 3.59. The standard InChI is InChI=1S/C14H21BrN2OS/c15-13-9-8-12(19-13)2-1-3-14(18)17-11-6-4-10(16)5-7-11/h8-11H,1-7,16H2,(H,17,18). The number of amides is 1. The summed E-state index contributed by atoms with van der Waals surface area (Å²) < 4.78 is 1.16. The first-order chi connectivity index (χ1) is 9.13. The molecule has 5 heteroatoms. The van der Waals surface area contributed by atoms with Crippen LogP contribution in [0.5, 0.6) is 0 Å². The molecule has 1 aromatic rings. The number of thiophene rings is 1. The molecule has 106 valence electrons. The van der Waals surface area contributed by atoms with Crippen molar-refractivity contribution in [3.05, 3.63) is 20.8 Å². The van der Waals surface area contributed by atoms with Gasteiger partial charge in [0.05, 0.1) is 3.79 Å². The summed E-state index contributed by atoms with van der Waals surface area (Å²) in [5, 5.41) is 3.13. The zero-order valence-corrected chi connectivity index (χ0v) is 13.4. The van der Waals surface area contributed by atoms with Gasteiger partial charge in [0.25, 0.3) is 0 Å². The van der Waals surface area contributed by atoms with Crippen molar-refractivity contribution in [2.75, 3.05) is 0 Å². The molecule has 1 fully saturated rings. The van der Waals surface area contributed by atoms with Gasteiger partial charge in [-0.15, -0.1) is 11.3 Å². The monoisotopic (exact) mass is 344 g/mol. The van der Waals surface area contributed by atoms with Crippen LogP contribution in [0.1, 0.15) is 43.4 Å². The summed E-state index contributed by atoms with van der Waals surface area (Å²) in [5.41, 5.74) is 5.86. The van der Waals surface area contributed by atoms with E-state index in [1.807, 2.05) is 0 Å². The van der Waals surface area contributed by atoms with Crippen molar-refractivity contribution >= 4 is 33.2 Å². The van der Waals surface area contributed by atoms with E-state index in [0.717, 1.165) is 42.3 Å². The normalized spacial score (nSPS) is 23.3. The maximum atomic E-state index is 11.8. The van der Waals surface area contributed by atoms with Gasteiger partial charge in [0.1, 0.15) is 0 Å². The van der Waals surface area contributed by atoms with E-state index in [-0.39, 0.29) is 5.91 Å². The number of hydrogen-bond acceptors (Lipinski definition) is 3. The van der Waals surface area contributed by atoms with Gasteiger partial charge in [0, 0.05) is 23.4 Å². The van der Waals surface area contributed by atoms with Gasteiger partial charge < -0.3 is 11.1 Å². The molecule has 0 unspecified atom stereocenters. The Morgan fingerprint density at radius 1 is 1.37 bits per heavy atom. The zero-order valence-electron chi connectivity index (χ0n) is 11.0. The van der Waals surface area contributed by atoms with Crippen molar-refractivity contribution in [2.24, 2.45) is 5.73 Å². The average molecular weight is 345 g/mol. The number of aryl methyl sites for hydroxylation is 1. The van der Waals surface area contributed by atoms with Gasteiger partial charge in [0.2, 0.25) is 5.91 Å². The van der Waals surface area contributed by atoms with Crippen molar-refractivity contribution in [1.29, 1.82) is 0 Å². The minimum absolute atomic E-state index is 0.191. The minimum atomic E-state index is 0.191. The highest BCUT2D eigenvalue weighted by Gasteiger charge is 2.19. The average Bonchev–Trinajstić information content (AvgIpc) is 2.78. The molecule has 19 heavy (non-hydrogen) atoms. The highest BCUT2D eigenvalue weighted by molar-refractivity contribution is 9.11. The largest absolute Gasteiger partial charge is 0.353 e. The summed E-state index contributed by atoms with van der Waals surface area (Å²) in [6, 6.07) is 4.87. The lowest BCUT2D eigenvalue weighted by Gasteiger charge is -2.26. The van der Waals surface area contributed by atoms with E-state index in [1.165, 1.54) is 4.88 Å². The van der Waals surface area contributed by atoms with Crippen molar-refractivity contribution in [2.45, 2.75) is 57.0 Å². The van der Waals surface area contributed by atoms with E-state index in [4.69, 9.17) is 5.73 Å². The number of halogens is 1. The molecule has 0 atom stereocenters. The second-order valence-corrected chi connectivity index (χ2v) is 7.79. The predicted octanol–water partition coefficient (Wildman–Crippen LogP) is 3.22. The Morgan fingerprint density at radius 3 is 2.74 bits per heavy atom. The predicted molar refractivity (Wildman–Crippen MR) is 83.3 cm³/mol. The molecule has 3 N–H and O–H groups in total. The van der Waals surface area contributed by atoms with Gasteiger partial charge in [-0.05, 0) is 66.6 Å². The van der Waals surface area contributed by atoms with Gasteiger partial charge in [-0.2, -0.15) is 0 Å². The molecule has 1 saturated carbocycles. The van der Waals surface area contributed by atoms with Crippen LogP contribution in [-0.4, -0.2) is 18.0 Å². The van der Waals surface area contributed by atoms with Gasteiger partial charge in [0.15, 0.2) is 0 Å². The highest BCUT2D eigenvalue weighted by atomic mass is 79.9. The molecule has 0 aromatic carbocycles. The lowest BCUT2D eigenvalue weighted by Crippen LogP contribution is -2.40. The van der Waals surface area contributed by atoms with E-state index in [9.17, 15) is 4.79 Å². The molecule has 0 radical (unpaired) electrons. The van der Waals surface area contributed by atoms with E-state index in [1.54, 1.807) is 11.3 Å². The number of carbonyl (C=O) groups excluding carboxylic acids is 1. The van der Waals surface area contributed by atoms with Gasteiger partial charge in [-0.3, -0.25) is 4.79 Å². The lowest BCUT2D eigenvalue weighted by atomic mass is 9.92. The van der Waals surface area contributed by atoms with Crippen LogP contribution >= 0.6 is 27.3 Å². The second-order valence-electron chi connectivity index (χ2n) is 5.24. The molecule has 1 heterocycles. The highest BCUT2D eigenvalue weighted by Crippen LogP contribution is 2.23. The van der Waals surface area contributed by atoms with Crippen LogP contribution in [-0.2, 0) is 11.2 Å². The topological polar surface area (TPSA) is 55.1 Å². The molecular formula is C14H21BrN2OS. The Labute approximate surface area is 127 Å². The zero-order chi connectivity index (χ0) is 13.7. The Kier molecular flexibility index (Phi) is 5.85. The number of nitrogens with one attached hydrogen (secondary N) is 1. The maximum absolute atomic E-state index is 11.8. The van der Waals surface area contributed by atoms with Crippen LogP contribution in [0.4, 0.5) is 0 Å². The smallest absolute Gasteiger partial charge is 0.220 e. The molecule has 0 bridgehead atoms. The Balaban J connectivity index is 1.62. The fourth-order valence-corrected chi connectivity index (χ4v) is 4.00. The van der Waals surface area contributed by atoms with Crippen LogP contribution in [0, 0.1) is 0 Å². The van der Waals surface area contributed by atoms with Crippen LogP contribution in [0.15, 0.2) is 15.9 Å². The summed E-state index contributed by atoms with van der Waals surface area (Å²) in [6.45, 7) is 0. The van der Waals surface area contributed by atoms with E-state index in [0.29, 0.717) is 18.5 Å². The summed E-state index contributed by atoms with van der Waals surface area (Å²) >= 11 is 5.20. The fourth-order valence-electron chi connectivity index (χ4n) is 2.47. The molecule has 0 aliphatic heterocycles. The Morgan fingerprint density at radius 2 is 2.11 bits per heavy atom. The van der Waals surface area contributed by atoms with Crippen LogP contribution in [0.2, 0.25) is 0 Å². The first kappa shape index (κ1) is 15.0. The molecular weight excluding hydrogens is 324 g/mol. The number of rotatable bonds is 5. The molecule has 2 rings (SSSR count). The van der Waals surface area contributed by atoms with E-state index in [2.05, 4.69) is 33.4 Å². The SMILES string of the molecule is NC1CCC(NC(=O)CCCc2ccc(Br)s2)CC1. The fraction of sp³-hybridized carbons (Fsp3) is 0.643.